The molecule has 1 heterocycles. The van der Waals surface area contributed by atoms with Crippen LogP contribution in [0.2, 0.25) is 0 Å². The van der Waals surface area contributed by atoms with Gasteiger partial charge < -0.3 is 10.3 Å². The van der Waals surface area contributed by atoms with Gasteiger partial charge in [0.25, 0.3) is 5.91 Å². The number of hydrogen-bond acceptors (Lipinski definition) is 1. The van der Waals surface area contributed by atoms with Gasteiger partial charge in [0.1, 0.15) is 0 Å². The molecule has 0 atom stereocenters. The summed E-state index contributed by atoms with van der Waals surface area (Å²) < 4.78 is 2.15. The Labute approximate surface area is 126 Å². The summed E-state index contributed by atoms with van der Waals surface area (Å²) in [5.74, 6) is -0.369. The zero-order valence-corrected chi connectivity index (χ0v) is 12.7. The molecule has 2 rings (SSSR count). The zero-order chi connectivity index (χ0) is 15.4. The van der Waals surface area contributed by atoms with Gasteiger partial charge in [-0.3, -0.25) is 4.79 Å². The first-order chi connectivity index (χ1) is 10.1. The number of amides is 1. The number of rotatable bonds is 6. The van der Waals surface area contributed by atoms with Crippen LogP contribution < -0.4 is 5.73 Å². The maximum Gasteiger partial charge on any atom is 0.251 e. The number of carbonyl (C=O) groups excluding carboxylic acids is 1. The number of hydrogen-bond donors (Lipinski definition) is 1. The Morgan fingerprint density at radius 2 is 2.00 bits per heavy atom. The predicted molar refractivity (Wildman–Crippen MR) is 87.3 cm³/mol. The van der Waals surface area contributed by atoms with E-state index in [1.165, 1.54) is 0 Å². The van der Waals surface area contributed by atoms with Crippen LogP contribution in [0, 0.1) is 6.92 Å². The third-order valence-electron chi connectivity index (χ3n) is 3.74. The molecule has 3 heteroatoms. The van der Waals surface area contributed by atoms with Gasteiger partial charge in [-0.15, -0.1) is 6.58 Å². The lowest BCUT2D eigenvalue weighted by Gasteiger charge is -2.10. The minimum absolute atomic E-state index is 0.369. The first-order valence-corrected chi connectivity index (χ1v) is 7.29. The van der Waals surface area contributed by atoms with E-state index in [0.717, 1.165) is 35.4 Å². The molecule has 1 amide bonds. The van der Waals surface area contributed by atoms with Gasteiger partial charge in [0.15, 0.2) is 0 Å². The Hall–Kier alpha value is -2.29. The number of nitrogens with two attached hydrogens (primary N) is 1. The van der Waals surface area contributed by atoms with E-state index in [9.17, 15) is 4.79 Å². The minimum Gasteiger partial charge on any atom is -0.366 e. The van der Waals surface area contributed by atoms with E-state index < -0.39 is 0 Å². The van der Waals surface area contributed by atoms with Crippen LogP contribution in [0.1, 0.15) is 35.1 Å². The average molecular weight is 282 g/mol. The van der Waals surface area contributed by atoms with Gasteiger partial charge in [-0.2, -0.15) is 0 Å². The molecule has 0 saturated heterocycles. The molecule has 0 bridgehead atoms. The number of carbonyl (C=O) groups is 1. The Kier molecular flexibility index (Phi) is 4.63. The summed E-state index contributed by atoms with van der Waals surface area (Å²) in [6.45, 7) is 8.60. The monoisotopic (exact) mass is 282 g/mol. The fraction of sp³-hybridized carbons (Fsp3) is 0.278. The number of nitrogens with zero attached hydrogens (tertiary/aromatic N) is 1. The summed E-state index contributed by atoms with van der Waals surface area (Å²) in [7, 11) is 0. The Balaban J connectivity index is 2.78. The Morgan fingerprint density at radius 3 is 2.52 bits per heavy atom. The normalized spacial score (nSPS) is 10.6. The highest BCUT2D eigenvalue weighted by Crippen LogP contribution is 2.33. The van der Waals surface area contributed by atoms with E-state index in [-0.39, 0.29) is 5.91 Å². The Bertz CT molecular complexity index is 654. The van der Waals surface area contributed by atoms with Crippen molar-refractivity contribution in [3.63, 3.8) is 0 Å². The molecule has 0 aliphatic carbocycles. The van der Waals surface area contributed by atoms with Crippen LogP contribution in [0.15, 0.2) is 43.0 Å². The van der Waals surface area contributed by atoms with E-state index in [2.05, 4.69) is 18.1 Å². The summed E-state index contributed by atoms with van der Waals surface area (Å²) in [4.78, 5) is 12.0. The van der Waals surface area contributed by atoms with Crippen molar-refractivity contribution in [2.75, 3.05) is 0 Å². The molecule has 0 radical (unpaired) electrons. The second-order valence-electron chi connectivity index (χ2n) is 5.16. The molecular weight excluding hydrogens is 260 g/mol. The van der Waals surface area contributed by atoms with Crippen molar-refractivity contribution in [1.82, 2.24) is 4.57 Å². The summed E-state index contributed by atoms with van der Waals surface area (Å²) in [5, 5.41) is 0. The van der Waals surface area contributed by atoms with Crippen molar-refractivity contribution >= 4 is 5.91 Å². The molecule has 0 fully saturated rings. The van der Waals surface area contributed by atoms with Crippen molar-refractivity contribution in [1.29, 1.82) is 0 Å². The molecule has 1 aromatic heterocycles. The van der Waals surface area contributed by atoms with Crippen LogP contribution in [-0.2, 0) is 13.0 Å². The maximum atomic E-state index is 12.0. The molecule has 0 aliphatic rings. The highest BCUT2D eigenvalue weighted by Gasteiger charge is 2.23. The van der Waals surface area contributed by atoms with Crippen LogP contribution in [0.25, 0.3) is 11.1 Å². The lowest BCUT2D eigenvalue weighted by Crippen LogP contribution is -2.13. The van der Waals surface area contributed by atoms with Crippen molar-refractivity contribution < 1.29 is 4.79 Å². The molecule has 1 aromatic carbocycles. The average Bonchev–Trinajstić information content (AvgIpc) is 2.74. The lowest BCUT2D eigenvalue weighted by atomic mass is 9.98. The number of allylic oxidation sites excluding steroid dienone is 1. The molecular formula is C18H22N2O. The van der Waals surface area contributed by atoms with Crippen LogP contribution in [-0.4, -0.2) is 10.5 Å². The SMILES string of the molecule is C=CCn1c(C)c(C(N)=O)c(-c2ccccc2)c1CCC. The van der Waals surface area contributed by atoms with Gasteiger partial charge in [-0.05, 0) is 18.9 Å². The third-order valence-corrected chi connectivity index (χ3v) is 3.74. The van der Waals surface area contributed by atoms with Gasteiger partial charge in [0.05, 0.1) is 5.56 Å². The van der Waals surface area contributed by atoms with E-state index in [4.69, 9.17) is 5.73 Å². The molecule has 0 aliphatic heterocycles. The fourth-order valence-electron chi connectivity index (χ4n) is 2.89. The van der Waals surface area contributed by atoms with Crippen LogP contribution >= 0.6 is 0 Å². The molecule has 110 valence electrons. The van der Waals surface area contributed by atoms with E-state index in [1.807, 2.05) is 43.3 Å². The molecule has 0 saturated carbocycles. The van der Waals surface area contributed by atoms with E-state index >= 15 is 0 Å². The van der Waals surface area contributed by atoms with E-state index in [0.29, 0.717) is 12.1 Å². The van der Waals surface area contributed by atoms with E-state index in [1.54, 1.807) is 0 Å². The zero-order valence-electron chi connectivity index (χ0n) is 12.7. The van der Waals surface area contributed by atoms with Gasteiger partial charge >= 0.3 is 0 Å². The second-order valence-corrected chi connectivity index (χ2v) is 5.16. The summed E-state index contributed by atoms with van der Waals surface area (Å²) in [6.07, 6.45) is 3.77. The van der Waals surface area contributed by atoms with Crippen molar-refractivity contribution in [3.8, 4) is 11.1 Å². The largest absolute Gasteiger partial charge is 0.366 e. The lowest BCUT2D eigenvalue weighted by molar-refractivity contribution is 0.1000. The predicted octanol–water partition coefficient (Wildman–Crippen LogP) is 3.70. The standard InChI is InChI=1S/C18H22N2O/c1-4-9-15-17(14-10-7-6-8-11-14)16(18(19)21)13(3)20(15)12-5-2/h5-8,10-11H,2,4,9,12H2,1,3H3,(H2,19,21). The first kappa shape index (κ1) is 15.1. The van der Waals surface area contributed by atoms with Gasteiger partial charge in [0.2, 0.25) is 0 Å². The quantitative estimate of drug-likeness (QED) is 0.807. The van der Waals surface area contributed by atoms with Crippen LogP contribution in [0.4, 0.5) is 0 Å². The molecule has 0 spiro atoms. The molecule has 21 heavy (non-hydrogen) atoms. The minimum atomic E-state index is -0.369. The molecule has 2 aromatic rings. The third kappa shape index (κ3) is 2.77. The Morgan fingerprint density at radius 1 is 1.33 bits per heavy atom. The molecule has 0 unspecified atom stereocenters. The van der Waals surface area contributed by atoms with Crippen molar-refractivity contribution in [3.05, 3.63) is 59.9 Å². The van der Waals surface area contributed by atoms with Crippen LogP contribution in [0.5, 0.6) is 0 Å². The van der Waals surface area contributed by atoms with Gasteiger partial charge in [-0.1, -0.05) is 49.8 Å². The molecule has 3 nitrogen and oxygen atoms in total. The fourth-order valence-corrected chi connectivity index (χ4v) is 2.89. The number of benzene rings is 1. The van der Waals surface area contributed by atoms with Gasteiger partial charge in [-0.25, -0.2) is 0 Å². The van der Waals surface area contributed by atoms with Gasteiger partial charge in [0, 0.05) is 23.5 Å². The summed E-state index contributed by atoms with van der Waals surface area (Å²) in [5.41, 5.74) is 10.4. The molecule has 2 N–H and O–H groups in total. The summed E-state index contributed by atoms with van der Waals surface area (Å²) in [6, 6.07) is 9.99. The number of primary amides is 1. The first-order valence-electron chi connectivity index (χ1n) is 7.29. The number of aromatic nitrogens is 1. The highest BCUT2D eigenvalue weighted by molar-refractivity contribution is 6.02. The maximum absolute atomic E-state index is 12.0. The topological polar surface area (TPSA) is 48.0 Å². The van der Waals surface area contributed by atoms with Crippen LogP contribution in [0.3, 0.4) is 0 Å². The smallest absolute Gasteiger partial charge is 0.251 e. The summed E-state index contributed by atoms with van der Waals surface area (Å²) >= 11 is 0. The van der Waals surface area contributed by atoms with Crippen molar-refractivity contribution in [2.24, 2.45) is 5.73 Å². The van der Waals surface area contributed by atoms with Crippen molar-refractivity contribution in [2.45, 2.75) is 33.2 Å². The second kappa shape index (κ2) is 6.44. The highest BCUT2D eigenvalue weighted by atomic mass is 16.1.